The maximum absolute atomic E-state index is 12.8. The Morgan fingerprint density at radius 3 is 3.17 bits per heavy atom. The van der Waals surface area contributed by atoms with Gasteiger partial charge in [-0.25, -0.2) is 0 Å². The van der Waals surface area contributed by atoms with Crippen LogP contribution in [0.15, 0.2) is 28.9 Å². The standard InChI is InChI=1S/C18H25N3OS/c22-17(21-11-13-4-8-19-9-5-13)14-12-23-18-7-2-1-3-16(18)20-10-6-15(14)18/h1-3,10,13-15,19H,4-9,11-12H2,(H,21,22). The predicted molar refractivity (Wildman–Crippen MR) is 95.7 cm³/mol. The van der Waals surface area contributed by atoms with Gasteiger partial charge in [-0.2, -0.15) is 0 Å². The van der Waals surface area contributed by atoms with Gasteiger partial charge in [0.15, 0.2) is 0 Å². The van der Waals surface area contributed by atoms with Crippen LogP contribution < -0.4 is 10.6 Å². The molecule has 1 amide bonds. The van der Waals surface area contributed by atoms with Crippen molar-refractivity contribution in [2.45, 2.75) is 30.4 Å². The van der Waals surface area contributed by atoms with Gasteiger partial charge >= 0.3 is 0 Å². The lowest BCUT2D eigenvalue weighted by Crippen LogP contribution is -2.44. The van der Waals surface area contributed by atoms with Crippen molar-refractivity contribution in [3.8, 4) is 0 Å². The maximum Gasteiger partial charge on any atom is 0.224 e. The summed E-state index contributed by atoms with van der Waals surface area (Å²) in [7, 11) is 0. The van der Waals surface area contributed by atoms with E-state index in [0.717, 1.165) is 38.2 Å². The molecule has 2 fully saturated rings. The Labute approximate surface area is 142 Å². The first kappa shape index (κ1) is 15.5. The second kappa shape index (κ2) is 6.44. The second-order valence-corrected chi connectivity index (χ2v) is 8.43. The minimum atomic E-state index is 0.0558. The fourth-order valence-electron chi connectivity index (χ4n) is 4.40. The lowest BCUT2D eigenvalue weighted by molar-refractivity contribution is -0.126. The molecule has 3 atom stereocenters. The first-order chi connectivity index (χ1) is 11.3. The molecule has 4 nitrogen and oxygen atoms in total. The van der Waals surface area contributed by atoms with E-state index in [0.29, 0.717) is 11.8 Å². The van der Waals surface area contributed by atoms with Crippen molar-refractivity contribution < 1.29 is 4.79 Å². The zero-order chi connectivity index (χ0) is 15.7. The van der Waals surface area contributed by atoms with Crippen LogP contribution in [0.25, 0.3) is 0 Å². The van der Waals surface area contributed by atoms with E-state index in [9.17, 15) is 4.79 Å². The van der Waals surface area contributed by atoms with Gasteiger partial charge in [0, 0.05) is 18.5 Å². The van der Waals surface area contributed by atoms with Crippen LogP contribution in [-0.4, -0.2) is 42.3 Å². The highest BCUT2D eigenvalue weighted by Crippen LogP contribution is 2.56. The number of nitrogens with one attached hydrogen (secondary N) is 2. The number of hydrogen-bond donors (Lipinski definition) is 2. The summed E-state index contributed by atoms with van der Waals surface area (Å²) in [5.41, 5.74) is 1.18. The molecule has 1 aliphatic carbocycles. The van der Waals surface area contributed by atoms with Gasteiger partial charge in [0.2, 0.25) is 5.91 Å². The highest BCUT2D eigenvalue weighted by Gasteiger charge is 2.54. The molecule has 5 heteroatoms. The van der Waals surface area contributed by atoms with Gasteiger partial charge in [0.25, 0.3) is 0 Å². The quantitative estimate of drug-likeness (QED) is 0.833. The molecule has 4 aliphatic rings. The van der Waals surface area contributed by atoms with Crippen molar-refractivity contribution in [3.05, 3.63) is 23.9 Å². The van der Waals surface area contributed by atoms with Crippen LogP contribution in [0.1, 0.15) is 25.7 Å². The van der Waals surface area contributed by atoms with E-state index in [1.54, 1.807) is 0 Å². The molecule has 2 N–H and O–H groups in total. The van der Waals surface area contributed by atoms with Crippen molar-refractivity contribution in [3.63, 3.8) is 0 Å². The average Bonchev–Trinajstić information content (AvgIpc) is 2.98. The van der Waals surface area contributed by atoms with Crippen molar-refractivity contribution >= 4 is 23.9 Å². The number of carbonyl (C=O) groups is 1. The number of aliphatic imine (C=N–C) groups is 1. The van der Waals surface area contributed by atoms with Crippen LogP contribution in [0.4, 0.5) is 0 Å². The molecule has 0 aromatic rings. The summed E-state index contributed by atoms with van der Waals surface area (Å²) in [6.45, 7) is 3.02. The maximum atomic E-state index is 12.8. The molecular weight excluding hydrogens is 306 g/mol. The third-order valence-corrected chi connectivity index (χ3v) is 7.52. The summed E-state index contributed by atoms with van der Waals surface area (Å²) >= 11 is 1.95. The summed E-state index contributed by atoms with van der Waals surface area (Å²) in [6, 6.07) is 0. The van der Waals surface area contributed by atoms with E-state index in [4.69, 9.17) is 0 Å². The molecule has 0 radical (unpaired) electrons. The van der Waals surface area contributed by atoms with E-state index >= 15 is 0 Å². The number of hydrogen-bond acceptors (Lipinski definition) is 4. The average molecular weight is 331 g/mol. The van der Waals surface area contributed by atoms with E-state index in [-0.39, 0.29) is 16.6 Å². The smallest absolute Gasteiger partial charge is 0.224 e. The van der Waals surface area contributed by atoms with E-state index in [1.165, 1.54) is 18.5 Å². The summed E-state index contributed by atoms with van der Waals surface area (Å²) < 4.78 is 0.0558. The molecule has 3 unspecified atom stereocenters. The summed E-state index contributed by atoms with van der Waals surface area (Å²) in [5.74, 6) is 2.36. The Bertz CT molecular complexity index is 565. The Kier molecular flexibility index (Phi) is 4.33. The normalized spacial score (nSPS) is 36.3. The molecule has 0 aromatic carbocycles. The molecule has 0 bridgehead atoms. The SMILES string of the molecule is O=C(NCC1CCNCC1)C1CSC23CC=CC=C2N=CCC13. The molecule has 3 aliphatic heterocycles. The molecule has 2 saturated heterocycles. The number of carbonyl (C=O) groups excluding carboxylic acids is 1. The monoisotopic (exact) mass is 331 g/mol. The molecule has 124 valence electrons. The lowest BCUT2D eigenvalue weighted by Gasteiger charge is -2.39. The fraction of sp³-hybridized carbons (Fsp3) is 0.667. The van der Waals surface area contributed by atoms with Crippen molar-refractivity contribution in [2.24, 2.45) is 22.7 Å². The molecule has 0 saturated carbocycles. The van der Waals surface area contributed by atoms with E-state index in [2.05, 4.69) is 33.9 Å². The van der Waals surface area contributed by atoms with Crippen LogP contribution in [-0.2, 0) is 4.79 Å². The zero-order valence-corrected chi connectivity index (χ0v) is 14.3. The van der Waals surface area contributed by atoms with Crippen molar-refractivity contribution in [1.82, 2.24) is 10.6 Å². The Morgan fingerprint density at radius 1 is 1.43 bits per heavy atom. The fourth-order valence-corrected chi connectivity index (χ4v) is 6.22. The summed E-state index contributed by atoms with van der Waals surface area (Å²) in [6.07, 6.45) is 12.8. The number of amides is 1. The number of thioether (sulfide) groups is 1. The van der Waals surface area contributed by atoms with E-state index in [1.807, 2.05) is 18.0 Å². The van der Waals surface area contributed by atoms with E-state index < -0.39 is 0 Å². The van der Waals surface area contributed by atoms with Crippen LogP contribution in [0.3, 0.4) is 0 Å². The Morgan fingerprint density at radius 2 is 2.30 bits per heavy atom. The van der Waals surface area contributed by atoms with Crippen molar-refractivity contribution in [2.75, 3.05) is 25.4 Å². The van der Waals surface area contributed by atoms with Gasteiger partial charge in [-0.3, -0.25) is 9.79 Å². The predicted octanol–water partition coefficient (Wildman–Crippen LogP) is 2.14. The van der Waals surface area contributed by atoms with Gasteiger partial charge in [-0.1, -0.05) is 12.2 Å². The highest BCUT2D eigenvalue weighted by atomic mass is 32.2. The number of piperidine rings is 1. The van der Waals surface area contributed by atoms with Gasteiger partial charge in [-0.15, -0.1) is 11.8 Å². The minimum absolute atomic E-state index is 0.0558. The molecule has 3 heterocycles. The van der Waals surface area contributed by atoms with Crippen LogP contribution >= 0.6 is 11.8 Å². The van der Waals surface area contributed by atoms with Crippen molar-refractivity contribution in [1.29, 1.82) is 0 Å². The highest BCUT2D eigenvalue weighted by molar-refractivity contribution is 8.01. The van der Waals surface area contributed by atoms with Gasteiger partial charge in [0.05, 0.1) is 16.4 Å². The van der Waals surface area contributed by atoms with Crippen LogP contribution in [0, 0.1) is 17.8 Å². The summed E-state index contributed by atoms with van der Waals surface area (Å²) in [4.78, 5) is 17.4. The number of allylic oxidation sites excluding steroid dienone is 3. The number of rotatable bonds is 3. The van der Waals surface area contributed by atoms with Gasteiger partial charge < -0.3 is 10.6 Å². The molecular formula is C18H25N3OS. The van der Waals surface area contributed by atoms with Gasteiger partial charge in [-0.05, 0) is 56.7 Å². The first-order valence-electron chi connectivity index (χ1n) is 8.82. The third kappa shape index (κ3) is 2.78. The summed E-state index contributed by atoms with van der Waals surface area (Å²) in [5, 5.41) is 6.64. The molecule has 4 rings (SSSR count). The third-order valence-electron chi connectivity index (χ3n) is 5.80. The first-order valence-corrected chi connectivity index (χ1v) is 9.80. The molecule has 0 aromatic heterocycles. The zero-order valence-electron chi connectivity index (χ0n) is 13.5. The van der Waals surface area contributed by atoms with Crippen LogP contribution in [0.2, 0.25) is 0 Å². The van der Waals surface area contributed by atoms with Gasteiger partial charge in [0.1, 0.15) is 0 Å². The Hall–Kier alpha value is -1.07. The molecule has 1 spiro atoms. The Balaban J connectivity index is 1.42. The number of nitrogens with zero attached hydrogens (tertiary/aromatic N) is 1. The lowest BCUT2D eigenvalue weighted by atomic mass is 9.73. The molecule has 23 heavy (non-hydrogen) atoms. The van der Waals surface area contributed by atoms with Crippen LogP contribution in [0.5, 0.6) is 0 Å². The topological polar surface area (TPSA) is 53.5 Å². The second-order valence-electron chi connectivity index (χ2n) is 7.08. The minimum Gasteiger partial charge on any atom is -0.356 e. The largest absolute Gasteiger partial charge is 0.356 e.